The van der Waals surface area contributed by atoms with Crippen molar-refractivity contribution in [1.29, 1.82) is 0 Å². The monoisotopic (exact) mass is 243 g/mol. The first kappa shape index (κ1) is 11.9. The van der Waals surface area contributed by atoms with E-state index in [1.807, 2.05) is 7.05 Å². The molecule has 0 saturated carbocycles. The smallest absolute Gasteiger partial charge is 0.159 e. The summed E-state index contributed by atoms with van der Waals surface area (Å²) >= 11 is 1.62. The molecule has 0 saturated heterocycles. The van der Waals surface area contributed by atoms with Crippen LogP contribution in [0.25, 0.3) is 0 Å². The first-order chi connectivity index (χ1) is 7.54. The van der Waals surface area contributed by atoms with E-state index < -0.39 is 11.6 Å². The van der Waals surface area contributed by atoms with E-state index in [9.17, 15) is 8.78 Å². The van der Waals surface area contributed by atoms with Gasteiger partial charge in [0.25, 0.3) is 0 Å². The van der Waals surface area contributed by atoms with E-state index in [1.165, 1.54) is 12.1 Å². The molecule has 1 heterocycles. The molecule has 0 fully saturated rings. The van der Waals surface area contributed by atoms with Crippen molar-refractivity contribution in [2.24, 2.45) is 5.92 Å². The van der Waals surface area contributed by atoms with Gasteiger partial charge in [-0.05, 0) is 30.7 Å². The first-order valence-corrected chi connectivity index (χ1v) is 6.25. The molecule has 16 heavy (non-hydrogen) atoms. The van der Waals surface area contributed by atoms with Gasteiger partial charge in [-0.25, -0.2) is 8.78 Å². The van der Waals surface area contributed by atoms with Crippen LogP contribution in [0.5, 0.6) is 0 Å². The molecule has 1 N–H and O–H groups in total. The summed E-state index contributed by atoms with van der Waals surface area (Å²) < 4.78 is 26.4. The van der Waals surface area contributed by atoms with Gasteiger partial charge in [-0.2, -0.15) is 0 Å². The second-order valence-electron chi connectivity index (χ2n) is 4.25. The third-order valence-electron chi connectivity index (χ3n) is 3.28. The predicted octanol–water partition coefficient (Wildman–Crippen LogP) is 3.36. The Morgan fingerprint density at radius 1 is 1.19 bits per heavy atom. The van der Waals surface area contributed by atoms with Crippen LogP contribution < -0.4 is 5.32 Å². The summed E-state index contributed by atoms with van der Waals surface area (Å²) in [5.41, 5.74) is 0.872. The summed E-state index contributed by atoms with van der Waals surface area (Å²) in [4.78, 5) is 0.851. The van der Waals surface area contributed by atoms with E-state index >= 15 is 0 Å². The largest absolute Gasteiger partial charge is 0.313 e. The molecule has 1 nitrogen and oxygen atoms in total. The minimum atomic E-state index is -0.763. The van der Waals surface area contributed by atoms with Crippen LogP contribution in [0.15, 0.2) is 17.0 Å². The Bertz CT molecular complexity index is 408. The van der Waals surface area contributed by atoms with Crippen molar-refractivity contribution in [3.05, 3.63) is 29.3 Å². The molecule has 0 aliphatic carbocycles. The average molecular weight is 243 g/mol. The highest BCUT2D eigenvalue weighted by atomic mass is 32.2. The summed E-state index contributed by atoms with van der Waals surface area (Å²) in [6, 6.07) is 2.73. The van der Waals surface area contributed by atoms with E-state index in [2.05, 4.69) is 19.2 Å². The molecule has 0 radical (unpaired) electrons. The number of thioether (sulfide) groups is 1. The fourth-order valence-corrected chi connectivity index (χ4v) is 3.44. The molecule has 2 rings (SSSR count). The normalized spacial score (nSPS) is 28.9. The Kier molecular flexibility index (Phi) is 3.22. The van der Waals surface area contributed by atoms with Crippen molar-refractivity contribution < 1.29 is 8.78 Å². The Morgan fingerprint density at radius 2 is 1.81 bits per heavy atom. The molecule has 0 spiro atoms. The minimum Gasteiger partial charge on any atom is -0.313 e. The second-order valence-corrected chi connectivity index (χ2v) is 5.67. The highest BCUT2D eigenvalue weighted by Crippen LogP contribution is 2.44. The van der Waals surface area contributed by atoms with Crippen LogP contribution in [-0.4, -0.2) is 12.3 Å². The highest BCUT2D eigenvalue weighted by molar-refractivity contribution is 8.00. The standard InChI is InChI=1S/C12H15F2NS/c1-6-7(2)16-11-5-10(14)9(13)4-8(11)12(6)15-3/h4-7,12,15H,1-3H3. The molecule has 1 aromatic rings. The molecule has 88 valence electrons. The number of halogens is 2. The Hall–Kier alpha value is -0.610. The molecule has 1 aromatic carbocycles. The van der Waals surface area contributed by atoms with E-state index in [0.717, 1.165) is 10.5 Å². The number of rotatable bonds is 1. The summed E-state index contributed by atoms with van der Waals surface area (Å²) in [6.07, 6.45) is 0. The number of hydrogen-bond acceptors (Lipinski definition) is 2. The molecule has 1 aliphatic heterocycles. The van der Waals surface area contributed by atoms with Gasteiger partial charge in [-0.1, -0.05) is 13.8 Å². The molecule has 1 aliphatic rings. The SMILES string of the molecule is CNC1c2cc(F)c(F)cc2SC(C)C1C. The summed E-state index contributed by atoms with van der Waals surface area (Å²) in [5.74, 6) is -1.13. The van der Waals surface area contributed by atoms with Gasteiger partial charge >= 0.3 is 0 Å². The molecular formula is C12H15F2NS. The highest BCUT2D eigenvalue weighted by Gasteiger charge is 2.32. The fraction of sp³-hybridized carbons (Fsp3) is 0.500. The number of hydrogen-bond donors (Lipinski definition) is 1. The number of fused-ring (bicyclic) bond motifs is 1. The maximum atomic E-state index is 13.2. The number of benzene rings is 1. The molecule has 0 amide bonds. The zero-order chi connectivity index (χ0) is 11.9. The van der Waals surface area contributed by atoms with Gasteiger partial charge in [-0.15, -0.1) is 11.8 Å². The van der Waals surface area contributed by atoms with Gasteiger partial charge in [0.05, 0.1) is 0 Å². The zero-order valence-electron chi connectivity index (χ0n) is 9.55. The fourth-order valence-electron chi connectivity index (χ4n) is 2.17. The summed E-state index contributed by atoms with van der Waals surface area (Å²) in [6.45, 7) is 4.24. The third kappa shape index (κ3) is 1.84. The lowest BCUT2D eigenvalue weighted by Crippen LogP contribution is -2.32. The van der Waals surface area contributed by atoms with E-state index in [1.54, 1.807) is 11.8 Å². The Labute approximate surface area is 98.6 Å². The molecule has 0 aromatic heterocycles. The van der Waals surface area contributed by atoms with E-state index in [0.29, 0.717) is 11.2 Å². The molecule has 3 atom stereocenters. The molecular weight excluding hydrogens is 228 g/mol. The van der Waals surface area contributed by atoms with Gasteiger partial charge in [0.15, 0.2) is 11.6 Å². The maximum absolute atomic E-state index is 13.2. The van der Waals surface area contributed by atoms with Crippen molar-refractivity contribution in [1.82, 2.24) is 5.32 Å². The van der Waals surface area contributed by atoms with Gasteiger partial charge in [0.1, 0.15) is 0 Å². The van der Waals surface area contributed by atoms with Crippen LogP contribution in [0, 0.1) is 17.6 Å². The second kappa shape index (κ2) is 4.34. The Morgan fingerprint density at radius 3 is 2.44 bits per heavy atom. The van der Waals surface area contributed by atoms with Crippen LogP contribution in [-0.2, 0) is 0 Å². The Balaban J connectivity index is 2.51. The van der Waals surface area contributed by atoms with Crippen molar-refractivity contribution in [2.75, 3.05) is 7.05 Å². The topological polar surface area (TPSA) is 12.0 Å². The van der Waals surface area contributed by atoms with Crippen LogP contribution in [0.4, 0.5) is 8.78 Å². The van der Waals surface area contributed by atoms with Crippen molar-refractivity contribution in [2.45, 2.75) is 30.0 Å². The predicted molar refractivity (Wildman–Crippen MR) is 62.6 cm³/mol. The van der Waals surface area contributed by atoms with Gasteiger partial charge in [0.2, 0.25) is 0 Å². The first-order valence-electron chi connectivity index (χ1n) is 5.37. The van der Waals surface area contributed by atoms with E-state index in [-0.39, 0.29) is 6.04 Å². The van der Waals surface area contributed by atoms with Gasteiger partial charge < -0.3 is 5.32 Å². The van der Waals surface area contributed by atoms with Crippen molar-refractivity contribution in [3.8, 4) is 0 Å². The molecule has 0 bridgehead atoms. The minimum absolute atomic E-state index is 0.0985. The van der Waals surface area contributed by atoms with Gasteiger partial charge in [0, 0.05) is 16.2 Å². The maximum Gasteiger partial charge on any atom is 0.159 e. The lowest BCUT2D eigenvalue weighted by atomic mass is 9.91. The zero-order valence-corrected chi connectivity index (χ0v) is 10.4. The summed E-state index contributed by atoms with van der Waals surface area (Å²) in [7, 11) is 1.86. The molecule has 3 unspecified atom stereocenters. The van der Waals surface area contributed by atoms with Gasteiger partial charge in [-0.3, -0.25) is 0 Å². The van der Waals surface area contributed by atoms with Crippen LogP contribution >= 0.6 is 11.8 Å². The van der Waals surface area contributed by atoms with Crippen LogP contribution in [0.3, 0.4) is 0 Å². The summed E-state index contributed by atoms with van der Waals surface area (Å²) in [5, 5.41) is 3.58. The average Bonchev–Trinajstić information content (AvgIpc) is 2.24. The van der Waals surface area contributed by atoms with Crippen molar-refractivity contribution in [3.63, 3.8) is 0 Å². The lowest BCUT2D eigenvalue weighted by Gasteiger charge is -2.35. The lowest BCUT2D eigenvalue weighted by molar-refractivity contribution is 0.391. The van der Waals surface area contributed by atoms with Crippen LogP contribution in [0.1, 0.15) is 25.5 Å². The van der Waals surface area contributed by atoms with E-state index in [4.69, 9.17) is 0 Å². The van der Waals surface area contributed by atoms with Crippen LogP contribution in [0.2, 0.25) is 0 Å². The van der Waals surface area contributed by atoms with Crippen molar-refractivity contribution >= 4 is 11.8 Å². The number of nitrogens with one attached hydrogen (secondary N) is 1. The quantitative estimate of drug-likeness (QED) is 0.811. The molecule has 4 heteroatoms. The third-order valence-corrected chi connectivity index (χ3v) is 4.69.